The smallest absolute Gasteiger partial charge is 0.161 e. The summed E-state index contributed by atoms with van der Waals surface area (Å²) in [5, 5.41) is 4.92. The summed E-state index contributed by atoms with van der Waals surface area (Å²) in [7, 11) is 1.66. The Balaban J connectivity index is 1.26. The highest BCUT2D eigenvalue weighted by Crippen LogP contribution is 2.30. The Morgan fingerprint density at radius 2 is 1.70 bits per heavy atom. The minimum absolute atomic E-state index is 0.353. The first-order chi connectivity index (χ1) is 16.1. The van der Waals surface area contributed by atoms with Gasteiger partial charge in [-0.15, -0.1) is 0 Å². The molecule has 0 aromatic heterocycles. The van der Waals surface area contributed by atoms with Crippen LogP contribution >= 0.6 is 23.2 Å². The molecule has 0 bridgehead atoms. The van der Waals surface area contributed by atoms with Gasteiger partial charge in [-0.1, -0.05) is 65.7 Å². The largest absolute Gasteiger partial charge is 0.493 e. The fourth-order valence-corrected chi connectivity index (χ4v) is 4.60. The van der Waals surface area contributed by atoms with Crippen LogP contribution in [0.25, 0.3) is 0 Å². The standard InChI is InChI=1S/C27H30Cl2N2O2/c1-32-27-15-21(7-10-26(27)33-19-22-8-9-23(28)16-25(22)29)17-30-24-11-13-31(14-12-24)18-20-5-3-2-4-6-20/h2-10,15-16,24,30H,11-14,17-19H2,1H3. The van der Waals surface area contributed by atoms with Crippen LogP contribution in [0.4, 0.5) is 0 Å². The van der Waals surface area contributed by atoms with E-state index in [1.54, 1.807) is 13.2 Å². The second kappa shape index (κ2) is 11.8. The molecule has 1 N–H and O–H groups in total. The number of hydrogen-bond donors (Lipinski definition) is 1. The Bertz CT molecular complexity index is 1040. The first kappa shape index (κ1) is 23.9. The number of benzene rings is 3. The Kier molecular flexibility index (Phi) is 8.51. The molecular formula is C27H30Cl2N2O2. The number of halogens is 2. The average molecular weight is 485 g/mol. The van der Waals surface area contributed by atoms with Crippen molar-refractivity contribution in [2.75, 3.05) is 20.2 Å². The number of hydrogen-bond acceptors (Lipinski definition) is 4. The monoisotopic (exact) mass is 484 g/mol. The summed E-state index contributed by atoms with van der Waals surface area (Å²) in [6, 6.07) is 22.7. The number of methoxy groups -OCH3 is 1. The van der Waals surface area contributed by atoms with Crippen molar-refractivity contribution in [3.05, 3.63) is 93.5 Å². The fourth-order valence-electron chi connectivity index (χ4n) is 4.13. The number of piperidine rings is 1. The topological polar surface area (TPSA) is 33.7 Å². The molecule has 0 saturated carbocycles. The molecule has 6 heteroatoms. The molecule has 0 atom stereocenters. The van der Waals surface area contributed by atoms with Gasteiger partial charge in [0.25, 0.3) is 0 Å². The van der Waals surface area contributed by atoms with Crippen LogP contribution in [0.2, 0.25) is 10.0 Å². The fraction of sp³-hybridized carbons (Fsp3) is 0.333. The van der Waals surface area contributed by atoms with E-state index in [1.807, 2.05) is 24.3 Å². The first-order valence-electron chi connectivity index (χ1n) is 11.3. The van der Waals surface area contributed by atoms with Gasteiger partial charge in [0.1, 0.15) is 6.61 Å². The molecule has 0 radical (unpaired) electrons. The number of ether oxygens (including phenoxy) is 2. The zero-order chi connectivity index (χ0) is 23.0. The van der Waals surface area contributed by atoms with E-state index in [9.17, 15) is 0 Å². The van der Waals surface area contributed by atoms with Crippen LogP contribution < -0.4 is 14.8 Å². The molecule has 174 valence electrons. The molecule has 4 rings (SSSR count). The van der Waals surface area contributed by atoms with Crippen molar-refractivity contribution in [1.29, 1.82) is 0 Å². The summed E-state index contributed by atoms with van der Waals surface area (Å²) in [5.41, 5.74) is 3.44. The maximum Gasteiger partial charge on any atom is 0.161 e. The van der Waals surface area contributed by atoms with Gasteiger partial charge in [-0.25, -0.2) is 0 Å². The van der Waals surface area contributed by atoms with E-state index < -0.39 is 0 Å². The Morgan fingerprint density at radius 3 is 2.42 bits per heavy atom. The highest BCUT2D eigenvalue weighted by Gasteiger charge is 2.19. The van der Waals surface area contributed by atoms with E-state index >= 15 is 0 Å². The lowest BCUT2D eigenvalue weighted by atomic mass is 10.0. The van der Waals surface area contributed by atoms with Crippen molar-refractivity contribution in [2.45, 2.75) is 38.6 Å². The van der Waals surface area contributed by atoms with Crippen LogP contribution in [-0.4, -0.2) is 31.1 Å². The molecule has 33 heavy (non-hydrogen) atoms. The molecule has 0 spiro atoms. The van der Waals surface area contributed by atoms with Gasteiger partial charge in [-0.3, -0.25) is 4.90 Å². The van der Waals surface area contributed by atoms with Crippen LogP contribution in [-0.2, 0) is 19.7 Å². The molecule has 1 heterocycles. The van der Waals surface area contributed by atoms with Crippen molar-refractivity contribution in [3.8, 4) is 11.5 Å². The second-order valence-corrected chi connectivity index (χ2v) is 9.27. The number of nitrogens with zero attached hydrogens (tertiary/aromatic N) is 1. The predicted molar refractivity (Wildman–Crippen MR) is 135 cm³/mol. The zero-order valence-electron chi connectivity index (χ0n) is 18.9. The molecule has 1 aliphatic heterocycles. The van der Waals surface area contributed by atoms with Gasteiger partial charge in [-0.2, -0.15) is 0 Å². The lowest BCUT2D eigenvalue weighted by Crippen LogP contribution is -2.41. The van der Waals surface area contributed by atoms with Gasteiger partial charge in [-0.05, 0) is 61.3 Å². The third-order valence-electron chi connectivity index (χ3n) is 6.06. The predicted octanol–water partition coefficient (Wildman–Crippen LogP) is 6.34. The van der Waals surface area contributed by atoms with Crippen LogP contribution in [0.3, 0.4) is 0 Å². The van der Waals surface area contributed by atoms with Crippen molar-refractivity contribution in [1.82, 2.24) is 10.2 Å². The number of nitrogens with one attached hydrogen (secondary N) is 1. The number of rotatable bonds is 9. The maximum atomic E-state index is 6.25. The minimum atomic E-state index is 0.353. The van der Waals surface area contributed by atoms with Gasteiger partial charge in [0.05, 0.1) is 7.11 Å². The van der Waals surface area contributed by atoms with Gasteiger partial charge in [0.15, 0.2) is 11.5 Å². The highest BCUT2D eigenvalue weighted by atomic mass is 35.5. The SMILES string of the molecule is COc1cc(CNC2CCN(Cc3ccccc3)CC2)ccc1OCc1ccc(Cl)cc1Cl. The van der Waals surface area contributed by atoms with E-state index in [1.165, 1.54) is 11.1 Å². The van der Waals surface area contributed by atoms with E-state index in [0.29, 0.717) is 28.4 Å². The van der Waals surface area contributed by atoms with E-state index in [0.717, 1.165) is 50.3 Å². The van der Waals surface area contributed by atoms with Crippen molar-refractivity contribution >= 4 is 23.2 Å². The van der Waals surface area contributed by atoms with Crippen molar-refractivity contribution in [2.24, 2.45) is 0 Å². The minimum Gasteiger partial charge on any atom is -0.493 e. The molecule has 3 aromatic carbocycles. The lowest BCUT2D eigenvalue weighted by Gasteiger charge is -2.32. The normalized spacial score (nSPS) is 14.9. The third kappa shape index (κ3) is 6.87. The molecule has 0 unspecified atom stereocenters. The zero-order valence-corrected chi connectivity index (χ0v) is 20.4. The second-order valence-electron chi connectivity index (χ2n) is 8.43. The summed E-state index contributed by atoms with van der Waals surface area (Å²) in [4.78, 5) is 2.54. The van der Waals surface area contributed by atoms with E-state index in [-0.39, 0.29) is 0 Å². The van der Waals surface area contributed by atoms with Gasteiger partial charge >= 0.3 is 0 Å². The Hall–Kier alpha value is -2.24. The summed E-state index contributed by atoms with van der Waals surface area (Å²) in [6.45, 7) is 4.44. The summed E-state index contributed by atoms with van der Waals surface area (Å²) in [6.07, 6.45) is 2.32. The van der Waals surface area contributed by atoms with Crippen LogP contribution in [0, 0.1) is 0 Å². The summed E-state index contributed by atoms with van der Waals surface area (Å²) in [5.74, 6) is 1.42. The van der Waals surface area contributed by atoms with Gasteiger partial charge in [0.2, 0.25) is 0 Å². The summed E-state index contributed by atoms with van der Waals surface area (Å²) < 4.78 is 11.5. The van der Waals surface area contributed by atoms with Crippen molar-refractivity contribution < 1.29 is 9.47 Å². The molecule has 1 fully saturated rings. The molecule has 0 aliphatic carbocycles. The van der Waals surface area contributed by atoms with Crippen LogP contribution in [0.1, 0.15) is 29.5 Å². The van der Waals surface area contributed by atoms with Crippen LogP contribution in [0.15, 0.2) is 66.7 Å². The molecule has 3 aromatic rings. The van der Waals surface area contributed by atoms with Gasteiger partial charge in [0, 0.05) is 34.7 Å². The third-order valence-corrected chi connectivity index (χ3v) is 6.64. The maximum absolute atomic E-state index is 6.25. The highest BCUT2D eigenvalue weighted by molar-refractivity contribution is 6.35. The van der Waals surface area contributed by atoms with E-state index in [2.05, 4.69) is 46.6 Å². The number of likely N-dealkylation sites (tertiary alicyclic amines) is 1. The lowest BCUT2D eigenvalue weighted by molar-refractivity contribution is 0.190. The molecule has 1 aliphatic rings. The van der Waals surface area contributed by atoms with Crippen molar-refractivity contribution in [3.63, 3.8) is 0 Å². The van der Waals surface area contributed by atoms with E-state index in [4.69, 9.17) is 32.7 Å². The first-order valence-corrected chi connectivity index (χ1v) is 12.1. The van der Waals surface area contributed by atoms with Crippen LogP contribution in [0.5, 0.6) is 11.5 Å². The average Bonchev–Trinajstić information content (AvgIpc) is 2.84. The Morgan fingerprint density at radius 1 is 0.909 bits per heavy atom. The molecule has 4 nitrogen and oxygen atoms in total. The van der Waals surface area contributed by atoms with Gasteiger partial charge < -0.3 is 14.8 Å². The molecule has 1 saturated heterocycles. The summed E-state index contributed by atoms with van der Waals surface area (Å²) >= 11 is 12.2. The molecule has 0 amide bonds. The Labute approximate surface area is 206 Å². The molecular weight excluding hydrogens is 455 g/mol. The quantitative estimate of drug-likeness (QED) is 0.384.